The molecule has 0 bridgehead atoms. The fourth-order valence-corrected chi connectivity index (χ4v) is 2.31. The van der Waals surface area contributed by atoms with E-state index in [4.69, 9.17) is 16.0 Å². The Bertz CT molecular complexity index is 635. The Kier molecular flexibility index (Phi) is 4.49. The molecule has 0 aliphatic heterocycles. The Morgan fingerprint density at radius 1 is 1.29 bits per heavy atom. The molecule has 21 heavy (non-hydrogen) atoms. The van der Waals surface area contributed by atoms with Crippen LogP contribution in [-0.2, 0) is 13.1 Å². The first-order chi connectivity index (χ1) is 9.67. The molecule has 0 spiro atoms. The van der Waals surface area contributed by atoms with Gasteiger partial charge in [-0.1, -0.05) is 11.6 Å². The Labute approximate surface area is 131 Å². The van der Waals surface area contributed by atoms with E-state index >= 15 is 0 Å². The molecule has 0 saturated heterocycles. The molecule has 0 saturated carbocycles. The summed E-state index contributed by atoms with van der Waals surface area (Å²) in [4.78, 5) is 0. The number of nitrogens with zero attached hydrogens (tertiary/aromatic N) is 2. The van der Waals surface area contributed by atoms with Gasteiger partial charge in [0.1, 0.15) is 11.5 Å². The van der Waals surface area contributed by atoms with E-state index in [1.165, 1.54) is 5.56 Å². The molecule has 116 valence electrons. The SMILES string of the molecule is Cc1nn(Cc2cc(CNC(C)(C)C)c(C)o2)c(C)c1Cl. The van der Waals surface area contributed by atoms with Gasteiger partial charge in [-0.25, -0.2) is 0 Å². The molecule has 0 atom stereocenters. The van der Waals surface area contributed by atoms with E-state index < -0.39 is 0 Å². The van der Waals surface area contributed by atoms with Crippen LogP contribution in [0.3, 0.4) is 0 Å². The number of nitrogens with one attached hydrogen (secondary N) is 1. The van der Waals surface area contributed by atoms with Crippen molar-refractivity contribution in [1.29, 1.82) is 0 Å². The minimum absolute atomic E-state index is 0.0904. The standard InChI is InChI=1S/C16H24ClN3O/c1-10-15(17)11(2)20(19-10)9-14-7-13(12(3)21-14)8-18-16(4,5)6/h7,18H,8-9H2,1-6H3. The normalized spacial score (nSPS) is 12.1. The van der Waals surface area contributed by atoms with Crippen molar-refractivity contribution in [3.05, 3.63) is 39.6 Å². The minimum atomic E-state index is 0.0904. The van der Waals surface area contributed by atoms with Gasteiger partial charge in [-0.2, -0.15) is 5.10 Å². The summed E-state index contributed by atoms with van der Waals surface area (Å²) in [6, 6.07) is 2.10. The van der Waals surface area contributed by atoms with Crippen LogP contribution in [0, 0.1) is 20.8 Å². The van der Waals surface area contributed by atoms with Gasteiger partial charge in [-0.05, 0) is 47.6 Å². The third-order valence-electron chi connectivity index (χ3n) is 3.48. The average molecular weight is 310 g/mol. The van der Waals surface area contributed by atoms with Crippen molar-refractivity contribution in [1.82, 2.24) is 15.1 Å². The van der Waals surface area contributed by atoms with Gasteiger partial charge in [-0.3, -0.25) is 4.68 Å². The van der Waals surface area contributed by atoms with Crippen LogP contribution in [0.4, 0.5) is 0 Å². The molecular formula is C16H24ClN3O. The highest BCUT2D eigenvalue weighted by molar-refractivity contribution is 6.31. The smallest absolute Gasteiger partial charge is 0.125 e. The molecule has 2 rings (SSSR count). The van der Waals surface area contributed by atoms with E-state index in [-0.39, 0.29) is 5.54 Å². The molecule has 5 heteroatoms. The number of aromatic nitrogens is 2. The molecule has 2 aromatic rings. The van der Waals surface area contributed by atoms with Crippen LogP contribution >= 0.6 is 11.6 Å². The first-order valence-corrected chi connectivity index (χ1v) is 7.58. The lowest BCUT2D eigenvalue weighted by Gasteiger charge is -2.20. The lowest BCUT2D eigenvalue weighted by molar-refractivity contribution is 0.418. The molecule has 4 nitrogen and oxygen atoms in total. The zero-order chi connectivity index (χ0) is 15.8. The van der Waals surface area contributed by atoms with Crippen LogP contribution in [0.5, 0.6) is 0 Å². The molecule has 2 aromatic heterocycles. The monoisotopic (exact) mass is 309 g/mol. The summed E-state index contributed by atoms with van der Waals surface area (Å²) in [5, 5.41) is 8.65. The van der Waals surface area contributed by atoms with Gasteiger partial charge in [0.2, 0.25) is 0 Å². The predicted molar refractivity (Wildman–Crippen MR) is 85.9 cm³/mol. The number of furan rings is 1. The third-order valence-corrected chi connectivity index (χ3v) is 4.03. The second kappa shape index (κ2) is 5.85. The van der Waals surface area contributed by atoms with E-state index in [0.717, 1.165) is 34.5 Å². The molecule has 0 fully saturated rings. The Hall–Kier alpha value is -1.26. The van der Waals surface area contributed by atoms with Crippen LogP contribution in [0.25, 0.3) is 0 Å². The molecule has 1 N–H and O–H groups in total. The number of hydrogen-bond acceptors (Lipinski definition) is 3. The van der Waals surface area contributed by atoms with Crippen molar-refractivity contribution >= 4 is 11.6 Å². The van der Waals surface area contributed by atoms with Crippen LogP contribution in [0.1, 0.15) is 49.2 Å². The molecule has 0 unspecified atom stereocenters. The van der Waals surface area contributed by atoms with E-state index in [2.05, 4.69) is 37.3 Å². The van der Waals surface area contributed by atoms with Gasteiger partial charge >= 0.3 is 0 Å². The maximum atomic E-state index is 6.18. The topological polar surface area (TPSA) is 43.0 Å². The number of hydrogen-bond donors (Lipinski definition) is 1. The first-order valence-electron chi connectivity index (χ1n) is 7.20. The maximum Gasteiger partial charge on any atom is 0.125 e. The highest BCUT2D eigenvalue weighted by Gasteiger charge is 2.15. The van der Waals surface area contributed by atoms with Crippen molar-refractivity contribution in [2.45, 2.75) is 60.2 Å². The number of rotatable bonds is 4. The first kappa shape index (κ1) is 16.1. The van der Waals surface area contributed by atoms with Crippen LogP contribution in [0.15, 0.2) is 10.5 Å². The quantitative estimate of drug-likeness (QED) is 0.928. The Balaban J connectivity index is 2.13. The highest BCUT2D eigenvalue weighted by atomic mass is 35.5. The molecule has 0 aliphatic carbocycles. The van der Waals surface area contributed by atoms with Crippen molar-refractivity contribution in [2.75, 3.05) is 0 Å². The third kappa shape index (κ3) is 3.89. The summed E-state index contributed by atoms with van der Waals surface area (Å²) in [6.07, 6.45) is 0. The summed E-state index contributed by atoms with van der Waals surface area (Å²) in [6.45, 7) is 13.8. The van der Waals surface area contributed by atoms with E-state index in [1.54, 1.807) is 0 Å². The van der Waals surface area contributed by atoms with Crippen LogP contribution < -0.4 is 5.32 Å². The van der Waals surface area contributed by atoms with Gasteiger partial charge in [0, 0.05) is 17.6 Å². The Morgan fingerprint density at radius 3 is 2.48 bits per heavy atom. The van der Waals surface area contributed by atoms with Gasteiger partial charge in [0.15, 0.2) is 0 Å². The van der Waals surface area contributed by atoms with E-state index in [1.807, 2.05) is 25.5 Å². The van der Waals surface area contributed by atoms with Crippen molar-refractivity contribution in [3.63, 3.8) is 0 Å². The maximum absolute atomic E-state index is 6.18. The Morgan fingerprint density at radius 2 is 1.95 bits per heavy atom. The predicted octanol–water partition coefficient (Wildman–Crippen LogP) is 3.99. The van der Waals surface area contributed by atoms with Crippen LogP contribution in [-0.4, -0.2) is 15.3 Å². The van der Waals surface area contributed by atoms with E-state index in [0.29, 0.717) is 6.54 Å². The molecule has 0 aliphatic rings. The average Bonchev–Trinajstić information content (AvgIpc) is 2.83. The lowest BCUT2D eigenvalue weighted by Crippen LogP contribution is -2.35. The summed E-state index contributed by atoms with van der Waals surface area (Å²) in [5.41, 5.74) is 3.10. The molecule has 0 radical (unpaired) electrons. The van der Waals surface area contributed by atoms with Crippen molar-refractivity contribution in [3.8, 4) is 0 Å². The van der Waals surface area contributed by atoms with Gasteiger partial charge < -0.3 is 9.73 Å². The zero-order valence-electron chi connectivity index (χ0n) is 13.7. The second-order valence-corrected chi connectivity index (χ2v) is 6.92. The summed E-state index contributed by atoms with van der Waals surface area (Å²) in [5.74, 6) is 1.86. The van der Waals surface area contributed by atoms with Gasteiger partial charge in [-0.15, -0.1) is 0 Å². The van der Waals surface area contributed by atoms with Gasteiger partial charge in [0.25, 0.3) is 0 Å². The fraction of sp³-hybridized carbons (Fsp3) is 0.562. The van der Waals surface area contributed by atoms with Crippen molar-refractivity contribution < 1.29 is 4.42 Å². The lowest BCUT2D eigenvalue weighted by atomic mass is 10.1. The molecule has 0 aromatic carbocycles. The zero-order valence-corrected chi connectivity index (χ0v) is 14.4. The minimum Gasteiger partial charge on any atom is -0.464 e. The second-order valence-electron chi connectivity index (χ2n) is 6.54. The van der Waals surface area contributed by atoms with Crippen LogP contribution in [0.2, 0.25) is 5.02 Å². The molecule has 2 heterocycles. The number of halogens is 1. The summed E-state index contributed by atoms with van der Waals surface area (Å²) < 4.78 is 7.73. The van der Waals surface area contributed by atoms with Crippen molar-refractivity contribution in [2.24, 2.45) is 0 Å². The fourth-order valence-electron chi connectivity index (χ4n) is 2.18. The number of aryl methyl sites for hydroxylation is 2. The molecular weight excluding hydrogens is 286 g/mol. The van der Waals surface area contributed by atoms with Gasteiger partial charge in [0.05, 0.1) is 23.0 Å². The highest BCUT2D eigenvalue weighted by Crippen LogP contribution is 2.22. The largest absolute Gasteiger partial charge is 0.464 e. The summed E-state index contributed by atoms with van der Waals surface area (Å²) >= 11 is 6.18. The van der Waals surface area contributed by atoms with E-state index in [9.17, 15) is 0 Å². The molecule has 0 amide bonds. The summed E-state index contributed by atoms with van der Waals surface area (Å²) in [7, 11) is 0.